The summed E-state index contributed by atoms with van der Waals surface area (Å²) in [5, 5.41) is 2.47. The third kappa shape index (κ3) is 2.39. The Morgan fingerprint density at radius 2 is 1.75 bits per heavy atom. The van der Waals surface area contributed by atoms with E-state index in [2.05, 4.69) is 10.3 Å². The maximum atomic E-state index is 13.4. The van der Waals surface area contributed by atoms with Gasteiger partial charge in [-0.2, -0.15) is 13.8 Å². The Hall–Kier alpha value is -2.30. The number of carbonyl (C=O) groups excluding carboxylic acids is 1. The molecule has 0 fully saturated rings. The fourth-order valence-electron chi connectivity index (χ4n) is 2.48. The van der Waals surface area contributed by atoms with Crippen molar-refractivity contribution in [3.8, 4) is 0 Å². The number of carbonyl (C=O) groups is 1. The molecule has 3 nitrogen and oxygen atoms in total. The Bertz CT molecular complexity index is 648. The second kappa shape index (κ2) is 5.00. The number of halogens is 2. The predicted molar refractivity (Wildman–Crippen MR) is 70.1 cm³/mol. The average molecular weight is 274 g/mol. The predicted octanol–water partition coefficient (Wildman–Crippen LogP) is 2.71. The van der Waals surface area contributed by atoms with Crippen LogP contribution in [0.3, 0.4) is 0 Å². The molecule has 0 saturated carbocycles. The molecule has 0 unspecified atom stereocenters. The molecule has 0 radical (unpaired) electrons. The van der Waals surface area contributed by atoms with Crippen LogP contribution >= 0.6 is 0 Å². The standard InChI is InChI=1S/C15H12F2N2O/c16-13-6-5-12(14(17)19-13)18-15(20)11-7-9-3-1-2-4-10(9)8-11/h1-6,11H,7-8H2,(H,18,20). The van der Waals surface area contributed by atoms with Gasteiger partial charge in [0.1, 0.15) is 0 Å². The van der Waals surface area contributed by atoms with E-state index in [1.165, 1.54) is 6.07 Å². The van der Waals surface area contributed by atoms with Gasteiger partial charge in [-0.05, 0) is 36.1 Å². The lowest BCUT2D eigenvalue weighted by molar-refractivity contribution is -0.119. The first-order chi connectivity index (χ1) is 9.63. The highest BCUT2D eigenvalue weighted by Crippen LogP contribution is 2.27. The quantitative estimate of drug-likeness (QED) is 0.855. The molecule has 1 aliphatic rings. The second-order valence-corrected chi connectivity index (χ2v) is 4.84. The number of nitrogens with one attached hydrogen (secondary N) is 1. The Kier molecular flexibility index (Phi) is 3.18. The summed E-state index contributed by atoms with van der Waals surface area (Å²) in [6, 6.07) is 10.0. The zero-order chi connectivity index (χ0) is 14.1. The van der Waals surface area contributed by atoms with E-state index < -0.39 is 11.9 Å². The first-order valence-corrected chi connectivity index (χ1v) is 6.33. The Labute approximate surface area is 114 Å². The van der Waals surface area contributed by atoms with E-state index >= 15 is 0 Å². The Balaban J connectivity index is 1.72. The van der Waals surface area contributed by atoms with Crippen LogP contribution in [-0.4, -0.2) is 10.9 Å². The van der Waals surface area contributed by atoms with Crippen LogP contribution in [0.25, 0.3) is 0 Å². The van der Waals surface area contributed by atoms with Gasteiger partial charge < -0.3 is 5.32 Å². The van der Waals surface area contributed by atoms with Crippen LogP contribution in [0.1, 0.15) is 11.1 Å². The van der Waals surface area contributed by atoms with Crippen molar-refractivity contribution in [2.24, 2.45) is 5.92 Å². The molecule has 5 heteroatoms. The van der Waals surface area contributed by atoms with Crippen LogP contribution in [0.15, 0.2) is 36.4 Å². The lowest BCUT2D eigenvalue weighted by Crippen LogP contribution is -2.24. The second-order valence-electron chi connectivity index (χ2n) is 4.84. The van der Waals surface area contributed by atoms with Gasteiger partial charge >= 0.3 is 0 Å². The minimum absolute atomic E-state index is 0.0904. The summed E-state index contributed by atoms with van der Waals surface area (Å²) >= 11 is 0. The Morgan fingerprint density at radius 1 is 1.10 bits per heavy atom. The summed E-state index contributed by atoms with van der Waals surface area (Å²) < 4.78 is 26.1. The van der Waals surface area contributed by atoms with Gasteiger partial charge in [-0.3, -0.25) is 4.79 Å². The van der Waals surface area contributed by atoms with Gasteiger partial charge in [-0.25, -0.2) is 0 Å². The van der Waals surface area contributed by atoms with Crippen molar-refractivity contribution in [3.63, 3.8) is 0 Å². The van der Waals surface area contributed by atoms with Crippen molar-refractivity contribution in [1.29, 1.82) is 0 Å². The number of benzene rings is 1. The SMILES string of the molecule is O=C(Nc1ccc(F)nc1F)C1Cc2ccccc2C1. The molecule has 1 amide bonds. The molecule has 1 N–H and O–H groups in total. The lowest BCUT2D eigenvalue weighted by Gasteiger charge is -2.10. The monoisotopic (exact) mass is 274 g/mol. The van der Waals surface area contributed by atoms with Crippen LogP contribution in [0.5, 0.6) is 0 Å². The van der Waals surface area contributed by atoms with E-state index in [-0.39, 0.29) is 17.5 Å². The summed E-state index contributed by atoms with van der Waals surface area (Å²) in [5.41, 5.74) is 2.20. The normalized spacial score (nSPS) is 14.1. The van der Waals surface area contributed by atoms with Gasteiger partial charge in [-0.15, -0.1) is 0 Å². The van der Waals surface area contributed by atoms with Gasteiger partial charge in [0.05, 0.1) is 5.69 Å². The molecule has 102 valence electrons. The molecule has 0 saturated heterocycles. The number of aromatic nitrogens is 1. The summed E-state index contributed by atoms with van der Waals surface area (Å²) in [4.78, 5) is 15.2. The molecule has 1 aromatic heterocycles. The van der Waals surface area contributed by atoms with Crippen LogP contribution in [0.2, 0.25) is 0 Å². The molecule has 0 spiro atoms. The van der Waals surface area contributed by atoms with Gasteiger partial charge in [0.25, 0.3) is 0 Å². The fourth-order valence-corrected chi connectivity index (χ4v) is 2.48. The van der Waals surface area contributed by atoms with Crippen molar-refractivity contribution in [2.45, 2.75) is 12.8 Å². The van der Waals surface area contributed by atoms with E-state index in [0.29, 0.717) is 12.8 Å². The highest BCUT2D eigenvalue weighted by Gasteiger charge is 2.27. The summed E-state index contributed by atoms with van der Waals surface area (Å²) in [6.07, 6.45) is 1.27. The van der Waals surface area contributed by atoms with E-state index in [1.807, 2.05) is 24.3 Å². The first kappa shape index (κ1) is 12.7. The minimum atomic E-state index is -1.01. The number of hydrogen-bond acceptors (Lipinski definition) is 2. The molecule has 0 atom stereocenters. The molecule has 3 rings (SSSR count). The van der Waals surface area contributed by atoms with Crippen molar-refractivity contribution in [1.82, 2.24) is 4.98 Å². The van der Waals surface area contributed by atoms with Gasteiger partial charge in [0, 0.05) is 5.92 Å². The van der Waals surface area contributed by atoms with Crippen molar-refractivity contribution in [3.05, 3.63) is 59.4 Å². The van der Waals surface area contributed by atoms with Crippen molar-refractivity contribution in [2.75, 3.05) is 5.32 Å². The molecule has 0 bridgehead atoms. The summed E-state index contributed by atoms with van der Waals surface area (Å²) in [7, 11) is 0. The topological polar surface area (TPSA) is 42.0 Å². The van der Waals surface area contributed by atoms with Crippen LogP contribution < -0.4 is 5.32 Å². The van der Waals surface area contributed by atoms with E-state index in [1.54, 1.807) is 0 Å². The number of anilines is 1. The molecule has 1 aromatic carbocycles. The molecule has 2 aromatic rings. The zero-order valence-electron chi connectivity index (χ0n) is 10.6. The molecule has 20 heavy (non-hydrogen) atoms. The van der Waals surface area contributed by atoms with E-state index in [0.717, 1.165) is 17.2 Å². The van der Waals surface area contributed by atoms with E-state index in [9.17, 15) is 13.6 Å². The van der Waals surface area contributed by atoms with Crippen LogP contribution in [0, 0.1) is 17.8 Å². The zero-order valence-corrected chi connectivity index (χ0v) is 10.6. The van der Waals surface area contributed by atoms with E-state index in [4.69, 9.17) is 0 Å². The summed E-state index contributed by atoms with van der Waals surface area (Å²) in [6.45, 7) is 0. The minimum Gasteiger partial charge on any atom is -0.322 e. The average Bonchev–Trinajstić information content (AvgIpc) is 2.86. The third-order valence-electron chi connectivity index (χ3n) is 3.49. The molecule has 1 aliphatic carbocycles. The lowest BCUT2D eigenvalue weighted by atomic mass is 10.1. The smallest absolute Gasteiger partial charge is 0.239 e. The molecular formula is C15H12F2N2O. The molecule has 0 aliphatic heterocycles. The van der Waals surface area contributed by atoms with Gasteiger partial charge in [-0.1, -0.05) is 24.3 Å². The van der Waals surface area contributed by atoms with Crippen LogP contribution in [-0.2, 0) is 17.6 Å². The maximum Gasteiger partial charge on any atom is 0.239 e. The fraction of sp³-hybridized carbons (Fsp3) is 0.200. The van der Waals surface area contributed by atoms with Gasteiger partial charge in [0.2, 0.25) is 17.8 Å². The van der Waals surface area contributed by atoms with Crippen molar-refractivity contribution < 1.29 is 13.6 Å². The maximum absolute atomic E-state index is 13.4. The third-order valence-corrected chi connectivity index (χ3v) is 3.49. The molecule has 1 heterocycles. The number of nitrogens with zero attached hydrogens (tertiary/aromatic N) is 1. The highest BCUT2D eigenvalue weighted by atomic mass is 19.1. The highest BCUT2D eigenvalue weighted by molar-refractivity contribution is 5.93. The number of rotatable bonds is 2. The number of fused-ring (bicyclic) bond motifs is 1. The number of pyridine rings is 1. The largest absolute Gasteiger partial charge is 0.322 e. The van der Waals surface area contributed by atoms with Crippen LogP contribution in [0.4, 0.5) is 14.5 Å². The number of hydrogen-bond donors (Lipinski definition) is 1. The number of amides is 1. The van der Waals surface area contributed by atoms with Crippen molar-refractivity contribution >= 4 is 11.6 Å². The molecular weight excluding hydrogens is 262 g/mol. The van der Waals surface area contributed by atoms with Gasteiger partial charge in [0.15, 0.2) is 0 Å². The Morgan fingerprint density at radius 3 is 2.35 bits per heavy atom. The summed E-state index contributed by atoms with van der Waals surface area (Å²) in [5.74, 6) is -2.41. The first-order valence-electron chi connectivity index (χ1n) is 6.33.